The molecule has 1 aliphatic rings. The summed E-state index contributed by atoms with van der Waals surface area (Å²) in [5, 5.41) is 11.8. The van der Waals surface area contributed by atoms with E-state index in [9.17, 15) is 0 Å². The van der Waals surface area contributed by atoms with Crippen LogP contribution in [0.1, 0.15) is 6.42 Å². The van der Waals surface area contributed by atoms with Crippen molar-refractivity contribution in [1.29, 1.82) is 0 Å². The first-order valence-corrected chi connectivity index (χ1v) is 6.09. The normalized spacial score (nSPS) is 17.1. The predicted molar refractivity (Wildman–Crippen MR) is 68.6 cm³/mol. The number of β-amino-alcohol motifs (C(OH)–C–C–N with tert-alkyl or cyclic N) is 1. The lowest BCUT2D eigenvalue weighted by molar-refractivity contribution is 0.180. The number of hydrogen-bond acceptors (Lipinski definition) is 5. The lowest BCUT2D eigenvalue weighted by atomic mass is 10.4. The molecule has 0 saturated carbocycles. The van der Waals surface area contributed by atoms with Crippen LogP contribution in [0.25, 0.3) is 0 Å². The van der Waals surface area contributed by atoms with Gasteiger partial charge in [0.05, 0.1) is 6.61 Å². The quantitative estimate of drug-likeness (QED) is 0.555. The molecule has 4 N–H and O–H groups in total. The molecule has 98 valence electrons. The number of hydrogen-bond donors (Lipinski definition) is 3. The maximum Gasteiger partial charge on any atom is 0.0558 e. The summed E-state index contributed by atoms with van der Waals surface area (Å²) in [6, 6.07) is 0. The largest absolute Gasteiger partial charge is 0.395 e. The lowest BCUT2D eigenvalue weighted by Crippen LogP contribution is -2.44. The van der Waals surface area contributed by atoms with Gasteiger partial charge in [0.15, 0.2) is 0 Å². The monoisotopic (exact) mass is 232 g/mol. The molecule has 1 fully saturated rings. The minimum Gasteiger partial charge on any atom is -0.395 e. The molecule has 0 aromatic rings. The van der Waals surface area contributed by atoms with Crippen LogP contribution in [0.3, 0.4) is 0 Å². The van der Waals surface area contributed by atoms with Crippen LogP contribution < -0.4 is 11.1 Å². The molecule has 0 atom stereocenters. The van der Waals surface area contributed by atoms with Gasteiger partial charge in [-0.15, -0.1) is 0 Å². The zero-order valence-corrected chi connectivity index (χ0v) is 10.8. The van der Waals surface area contributed by atoms with Crippen LogP contribution in [0.4, 0.5) is 0 Å². The van der Waals surface area contributed by atoms with Crippen molar-refractivity contribution in [3.63, 3.8) is 0 Å². The Morgan fingerprint density at radius 3 is 2.31 bits per heavy atom. The van der Waals surface area contributed by atoms with Gasteiger partial charge in [0.1, 0.15) is 0 Å². The molecule has 0 spiro atoms. The second kappa shape index (κ2) is 11.3. The third-order valence-electron chi connectivity index (χ3n) is 2.44. The fourth-order valence-electron chi connectivity index (χ4n) is 1.48. The second-order valence-electron chi connectivity index (χ2n) is 4.26. The smallest absolute Gasteiger partial charge is 0.0558 e. The zero-order valence-electron chi connectivity index (χ0n) is 10.8. The summed E-state index contributed by atoms with van der Waals surface area (Å²) < 4.78 is 0. The van der Waals surface area contributed by atoms with Crippen LogP contribution in [-0.2, 0) is 0 Å². The molecule has 1 aliphatic heterocycles. The minimum atomic E-state index is 0.292. The Morgan fingerprint density at radius 1 is 1.31 bits per heavy atom. The second-order valence-corrected chi connectivity index (χ2v) is 4.26. The van der Waals surface area contributed by atoms with E-state index in [0.29, 0.717) is 6.61 Å². The van der Waals surface area contributed by atoms with Crippen LogP contribution in [0.5, 0.6) is 0 Å². The van der Waals surface area contributed by atoms with E-state index in [0.717, 1.165) is 52.2 Å². The first kappa shape index (κ1) is 15.8. The molecule has 1 saturated heterocycles. The maximum atomic E-state index is 8.56. The van der Waals surface area contributed by atoms with Gasteiger partial charge in [-0.05, 0) is 33.6 Å². The SMILES string of the molecule is CN(C)CCCN.OCCN1CCNCC1. The van der Waals surface area contributed by atoms with Crippen molar-refractivity contribution in [1.82, 2.24) is 15.1 Å². The molecular formula is C11H28N4O. The van der Waals surface area contributed by atoms with Crippen LogP contribution in [-0.4, -0.2) is 81.4 Å². The molecule has 1 rings (SSSR count). The minimum absolute atomic E-state index is 0.292. The van der Waals surface area contributed by atoms with E-state index >= 15 is 0 Å². The number of aliphatic hydroxyl groups excluding tert-OH is 1. The summed E-state index contributed by atoms with van der Waals surface area (Å²) in [6.45, 7) is 7.34. The van der Waals surface area contributed by atoms with Crippen LogP contribution in [0, 0.1) is 0 Å². The molecule has 5 nitrogen and oxygen atoms in total. The summed E-state index contributed by atoms with van der Waals surface area (Å²) in [6.07, 6.45) is 1.10. The summed E-state index contributed by atoms with van der Waals surface area (Å²) >= 11 is 0. The molecule has 0 aromatic heterocycles. The lowest BCUT2D eigenvalue weighted by Gasteiger charge is -2.25. The molecule has 0 aromatic carbocycles. The van der Waals surface area contributed by atoms with Crippen molar-refractivity contribution in [3.8, 4) is 0 Å². The highest BCUT2D eigenvalue weighted by molar-refractivity contribution is 4.66. The predicted octanol–water partition coefficient (Wildman–Crippen LogP) is -1.22. The van der Waals surface area contributed by atoms with Gasteiger partial charge in [-0.25, -0.2) is 0 Å². The molecule has 1 heterocycles. The molecular weight excluding hydrogens is 204 g/mol. The highest BCUT2D eigenvalue weighted by Crippen LogP contribution is 1.88. The summed E-state index contributed by atoms with van der Waals surface area (Å²) in [5.41, 5.74) is 5.25. The first-order valence-electron chi connectivity index (χ1n) is 6.09. The molecule has 5 heteroatoms. The zero-order chi connectivity index (χ0) is 12.2. The third-order valence-corrected chi connectivity index (χ3v) is 2.44. The van der Waals surface area contributed by atoms with E-state index in [1.54, 1.807) is 0 Å². The fourth-order valence-corrected chi connectivity index (χ4v) is 1.48. The van der Waals surface area contributed by atoms with Gasteiger partial charge in [0.2, 0.25) is 0 Å². The topological polar surface area (TPSA) is 64.8 Å². The third kappa shape index (κ3) is 10.3. The maximum absolute atomic E-state index is 8.56. The number of nitrogens with one attached hydrogen (secondary N) is 1. The molecule has 0 bridgehead atoms. The Morgan fingerprint density at radius 2 is 1.94 bits per heavy atom. The average Bonchev–Trinajstić information content (AvgIpc) is 2.29. The van der Waals surface area contributed by atoms with Crippen molar-refractivity contribution in [2.45, 2.75) is 6.42 Å². The summed E-state index contributed by atoms with van der Waals surface area (Å²) in [5.74, 6) is 0. The number of nitrogens with zero attached hydrogens (tertiary/aromatic N) is 2. The van der Waals surface area contributed by atoms with Crippen molar-refractivity contribution < 1.29 is 5.11 Å². The number of nitrogens with two attached hydrogens (primary N) is 1. The Balaban J connectivity index is 0.000000293. The van der Waals surface area contributed by atoms with E-state index in [4.69, 9.17) is 10.8 Å². The van der Waals surface area contributed by atoms with E-state index in [1.807, 2.05) is 0 Å². The van der Waals surface area contributed by atoms with Gasteiger partial charge in [0, 0.05) is 32.7 Å². The van der Waals surface area contributed by atoms with Gasteiger partial charge < -0.3 is 21.1 Å². The van der Waals surface area contributed by atoms with Gasteiger partial charge in [0.25, 0.3) is 0 Å². The van der Waals surface area contributed by atoms with Gasteiger partial charge in [-0.3, -0.25) is 4.90 Å². The van der Waals surface area contributed by atoms with Crippen molar-refractivity contribution in [3.05, 3.63) is 0 Å². The van der Waals surface area contributed by atoms with Crippen LogP contribution in [0.2, 0.25) is 0 Å². The van der Waals surface area contributed by atoms with Crippen molar-refractivity contribution in [2.75, 3.05) is 66.5 Å². The van der Waals surface area contributed by atoms with Crippen LogP contribution in [0.15, 0.2) is 0 Å². The van der Waals surface area contributed by atoms with Crippen LogP contribution >= 0.6 is 0 Å². The Kier molecular flexibility index (Phi) is 11.1. The van der Waals surface area contributed by atoms with E-state index in [2.05, 4.69) is 29.2 Å². The summed E-state index contributed by atoms with van der Waals surface area (Å²) in [7, 11) is 4.10. The number of aliphatic hydroxyl groups is 1. The van der Waals surface area contributed by atoms with Gasteiger partial charge >= 0.3 is 0 Å². The number of rotatable bonds is 5. The van der Waals surface area contributed by atoms with Crippen molar-refractivity contribution >= 4 is 0 Å². The standard InChI is InChI=1S/C6H14N2O.C5H14N2/c9-6-5-8-3-1-7-2-4-8;1-7(2)5-3-4-6/h7,9H,1-6H2;3-6H2,1-2H3. The highest BCUT2D eigenvalue weighted by Gasteiger charge is 2.06. The Hall–Kier alpha value is -0.200. The molecule has 0 aliphatic carbocycles. The number of piperazine rings is 1. The Bertz CT molecular complexity index is 135. The molecule has 0 radical (unpaired) electrons. The molecule has 0 amide bonds. The van der Waals surface area contributed by atoms with Gasteiger partial charge in [-0.2, -0.15) is 0 Å². The van der Waals surface area contributed by atoms with E-state index in [1.165, 1.54) is 0 Å². The molecule has 16 heavy (non-hydrogen) atoms. The average molecular weight is 232 g/mol. The van der Waals surface area contributed by atoms with E-state index in [-0.39, 0.29) is 0 Å². The fraction of sp³-hybridized carbons (Fsp3) is 1.00. The van der Waals surface area contributed by atoms with Crippen molar-refractivity contribution in [2.24, 2.45) is 5.73 Å². The van der Waals surface area contributed by atoms with E-state index < -0.39 is 0 Å². The Labute approximate surface area is 99.6 Å². The summed E-state index contributed by atoms with van der Waals surface area (Å²) in [4.78, 5) is 4.39. The first-order chi connectivity index (χ1) is 7.70. The highest BCUT2D eigenvalue weighted by atomic mass is 16.3. The van der Waals surface area contributed by atoms with Gasteiger partial charge in [-0.1, -0.05) is 0 Å². The molecule has 0 unspecified atom stereocenters.